The van der Waals surface area contributed by atoms with Gasteiger partial charge in [-0.2, -0.15) is 0 Å². The van der Waals surface area contributed by atoms with Crippen LogP contribution < -0.4 is 0 Å². The van der Waals surface area contributed by atoms with Gasteiger partial charge >= 0.3 is 5.97 Å². The summed E-state index contributed by atoms with van der Waals surface area (Å²) in [7, 11) is 0. The van der Waals surface area contributed by atoms with Crippen LogP contribution in [0, 0.1) is 0 Å². The fraction of sp³-hybridized carbons (Fsp3) is 1.00. The largest absolute Gasteiger partial charge is 0.396 e. The molecule has 0 fully saturated rings. The maximum atomic E-state index is 9.00. The Morgan fingerprint density at radius 1 is 0.909 bits per heavy atom. The second-order valence-electron chi connectivity index (χ2n) is 2.30. The molecule has 1 atom stereocenters. The van der Waals surface area contributed by atoms with Crippen molar-refractivity contribution in [3.63, 3.8) is 0 Å². The van der Waals surface area contributed by atoms with Gasteiger partial charge in [0.2, 0.25) is 0 Å². The zero-order valence-electron chi connectivity index (χ0n) is 5.80. The van der Waals surface area contributed by atoms with Crippen LogP contribution in [-0.2, 0) is 0 Å². The van der Waals surface area contributed by atoms with Crippen molar-refractivity contribution < 1.29 is 30.6 Å². The van der Waals surface area contributed by atoms with E-state index in [1.807, 2.05) is 0 Å². The Balaban J connectivity index is 4.33. The Hall–Kier alpha value is -0.240. The van der Waals surface area contributed by atoms with E-state index in [1.54, 1.807) is 0 Å². The summed E-state index contributed by atoms with van der Waals surface area (Å²) in [6.07, 6.45) is -0.535. The Morgan fingerprint density at radius 2 is 1.36 bits per heavy atom. The molecule has 0 heterocycles. The molecule has 0 rings (SSSR count). The molecular weight excluding hydrogens is 156 g/mol. The van der Waals surface area contributed by atoms with E-state index in [0.29, 0.717) is 0 Å². The molecule has 0 aliphatic carbocycles. The molecule has 0 amide bonds. The molecule has 68 valence electrons. The molecule has 0 spiro atoms. The molecule has 0 aromatic carbocycles. The van der Waals surface area contributed by atoms with Gasteiger partial charge in [-0.25, -0.2) is 0 Å². The zero-order chi connectivity index (χ0) is 9.12. The van der Waals surface area contributed by atoms with Gasteiger partial charge in [-0.3, -0.25) is 0 Å². The van der Waals surface area contributed by atoms with Crippen LogP contribution in [-0.4, -0.2) is 55.4 Å². The third-order valence-corrected chi connectivity index (χ3v) is 1.41. The Bertz CT molecular complexity index is 119. The average Bonchev–Trinajstić information content (AvgIpc) is 1.86. The van der Waals surface area contributed by atoms with Gasteiger partial charge in [-0.05, 0) is 0 Å². The number of aliphatic hydroxyl groups is 6. The SMILES string of the molecule is OCCC(O)(CO)C(O)(O)O. The maximum Gasteiger partial charge on any atom is 0.308 e. The van der Waals surface area contributed by atoms with Gasteiger partial charge in [0.15, 0.2) is 5.60 Å². The minimum absolute atomic E-state index is 0.535. The van der Waals surface area contributed by atoms with Gasteiger partial charge in [0, 0.05) is 13.0 Å². The average molecular weight is 168 g/mol. The van der Waals surface area contributed by atoms with Crippen LogP contribution in [0.2, 0.25) is 0 Å². The quantitative estimate of drug-likeness (QED) is 0.245. The summed E-state index contributed by atoms with van der Waals surface area (Å²) in [5.41, 5.74) is -2.50. The first-order chi connectivity index (χ1) is 4.87. The monoisotopic (exact) mass is 168 g/mol. The van der Waals surface area contributed by atoms with Crippen molar-refractivity contribution in [2.24, 2.45) is 0 Å². The van der Waals surface area contributed by atoms with E-state index < -0.39 is 31.2 Å². The van der Waals surface area contributed by atoms with E-state index in [-0.39, 0.29) is 0 Å². The number of aliphatic hydroxyl groups excluding tert-OH is 2. The van der Waals surface area contributed by atoms with E-state index in [1.165, 1.54) is 0 Å². The molecule has 0 radical (unpaired) electrons. The topological polar surface area (TPSA) is 121 Å². The van der Waals surface area contributed by atoms with Crippen molar-refractivity contribution in [3.8, 4) is 0 Å². The van der Waals surface area contributed by atoms with Crippen LogP contribution in [0.4, 0.5) is 0 Å². The highest BCUT2D eigenvalue weighted by Gasteiger charge is 2.46. The molecular formula is C5H12O6. The number of hydrogen-bond donors (Lipinski definition) is 6. The molecule has 0 saturated carbocycles. The van der Waals surface area contributed by atoms with Crippen molar-refractivity contribution >= 4 is 0 Å². The van der Waals surface area contributed by atoms with Crippen molar-refractivity contribution in [1.82, 2.24) is 0 Å². The third-order valence-electron chi connectivity index (χ3n) is 1.41. The first-order valence-corrected chi connectivity index (χ1v) is 2.98. The third kappa shape index (κ3) is 2.37. The van der Waals surface area contributed by atoms with E-state index in [0.717, 1.165) is 0 Å². The van der Waals surface area contributed by atoms with Crippen LogP contribution in [0.25, 0.3) is 0 Å². The minimum atomic E-state index is -3.40. The number of rotatable bonds is 4. The second kappa shape index (κ2) is 3.44. The predicted octanol–water partition coefficient (Wildman–Crippen LogP) is -3.28. The van der Waals surface area contributed by atoms with Crippen molar-refractivity contribution in [2.45, 2.75) is 18.0 Å². The molecule has 6 N–H and O–H groups in total. The normalized spacial score (nSPS) is 18.0. The van der Waals surface area contributed by atoms with Crippen LogP contribution in [0.15, 0.2) is 0 Å². The van der Waals surface area contributed by atoms with E-state index >= 15 is 0 Å². The molecule has 0 aliphatic rings. The molecule has 0 saturated heterocycles. The lowest BCUT2D eigenvalue weighted by Crippen LogP contribution is -2.57. The molecule has 0 aromatic rings. The summed E-state index contributed by atoms with van der Waals surface area (Å²) in [5, 5.41) is 51.1. The van der Waals surface area contributed by atoms with Gasteiger partial charge in [0.05, 0.1) is 6.61 Å². The standard InChI is InChI=1S/C5H12O6/c6-2-1-4(8,3-7)5(9,10)11/h6-11H,1-3H2. The fourth-order valence-electron chi connectivity index (χ4n) is 0.538. The summed E-state index contributed by atoms with van der Waals surface area (Å²) in [4.78, 5) is 0. The molecule has 1 unspecified atom stereocenters. The fourth-order valence-corrected chi connectivity index (χ4v) is 0.538. The lowest BCUT2D eigenvalue weighted by Gasteiger charge is -2.32. The van der Waals surface area contributed by atoms with Gasteiger partial charge in [-0.1, -0.05) is 0 Å². The first-order valence-electron chi connectivity index (χ1n) is 2.98. The number of hydrogen-bond acceptors (Lipinski definition) is 6. The van der Waals surface area contributed by atoms with Crippen molar-refractivity contribution in [1.29, 1.82) is 0 Å². The summed E-state index contributed by atoms with van der Waals surface area (Å²) in [6, 6.07) is 0. The summed E-state index contributed by atoms with van der Waals surface area (Å²) < 4.78 is 0. The van der Waals surface area contributed by atoms with Crippen LogP contribution in [0.5, 0.6) is 0 Å². The van der Waals surface area contributed by atoms with Crippen LogP contribution in [0.1, 0.15) is 6.42 Å². The van der Waals surface area contributed by atoms with E-state index in [4.69, 9.17) is 30.6 Å². The lowest BCUT2D eigenvalue weighted by atomic mass is 9.98. The highest BCUT2D eigenvalue weighted by atomic mass is 16.7. The predicted molar refractivity (Wildman–Crippen MR) is 33.1 cm³/mol. The van der Waals surface area contributed by atoms with Crippen LogP contribution >= 0.6 is 0 Å². The van der Waals surface area contributed by atoms with E-state index in [9.17, 15) is 0 Å². The summed E-state index contributed by atoms with van der Waals surface area (Å²) >= 11 is 0. The maximum absolute atomic E-state index is 9.00. The van der Waals surface area contributed by atoms with E-state index in [2.05, 4.69) is 0 Å². The first kappa shape index (κ1) is 10.8. The molecule has 6 heteroatoms. The highest BCUT2D eigenvalue weighted by Crippen LogP contribution is 2.20. The summed E-state index contributed by atoms with van der Waals surface area (Å²) in [5.74, 6) is -3.40. The summed E-state index contributed by atoms with van der Waals surface area (Å²) in [6.45, 7) is -1.64. The highest BCUT2D eigenvalue weighted by molar-refractivity contribution is 4.83. The Kier molecular flexibility index (Phi) is 3.36. The van der Waals surface area contributed by atoms with Crippen molar-refractivity contribution in [3.05, 3.63) is 0 Å². The second-order valence-corrected chi connectivity index (χ2v) is 2.30. The van der Waals surface area contributed by atoms with Crippen LogP contribution in [0.3, 0.4) is 0 Å². The van der Waals surface area contributed by atoms with Gasteiger partial charge in [-0.15, -0.1) is 0 Å². The smallest absolute Gasteiger partial charge is 0.308 e. The lowest BCUT2D eigenvalue weighted by molar-refractivity contribution is -0.397. The molecule has 6 nitrogen and oxygen atoms in total. The molecule has 0 aromatic heterocycles. The van der Waals surface area contributed by atoms with Gasteiger partial charge in [0.25, 0.3) is 0 Å². The zero-order valence-corrected chi connectivity index (χ0v) is 5.80. The van der Waals surface area contributed by atoms with Gasteiger partial charge in [0.1, 0.15) is 0 Å². The molecule has 0 bridgehead atoms. The molecule has 11 heavy (non-hydrogen) atoms. The van der Waals surface area contributed by atoms with Gasteiger partial charge < -0.3 is 30.6 Å². The van der Waals surface area contributed by atoms with Crippen molar-refractivity contribution in [2.75, 3.05) is 13.2 Å². The molecule has 0 aliphatic heterocycles. The Labute approximate surface area is 63.0 Å². The minimum Gasteiger partial charge on any atom is -0.396 e. The Morgan fingerprint density at radius 3 is 1.45 bits per heavy atom.